The SMILES string of the molecule is O=CNC(C=O)CC1CC=CCC1. The highest BCUT2D eigenvalue weighted by molar-refractivity contribution is 5.63. The lowest BCUT2D eigenvalue weighted by molar-refractivity contribution is -0.115. The first-order valence-corrected chi connectivity index (χ1v) is 4.66. The fourth-order valence-electron chi connectivity index (χ4n) is 1.68. The Kier molecular flexibility index (Phi) is 4.23. The molecule has 1 aliphatic rings. The van der Waals surface area contributed by atoms with Crippen molar-refractivity contribution < 1.29 is 9.59 Å². The minimum absolute atomic E-state index is 0.297. The van der Waals surface area contributed by atoms with Gasteiger partial charge in [0, 0.05) is 0 Å². The van der Waals surface area contributed by atoms with Crippen LogP contribution in [0.2, 0.25) is 0 Å². The first kappa shape index (κ1) is 9.96. The number of amides is 1. The standard InChI is InChI=1S/C10H15NO2/c12-7-10(11-8-13)6-9-4-2-1-3-5-9/h1-2,7-10H,3-6H2,(H,11,13). The van der Waals surface area contributed by atoms with E-state index < -0.39 is 0 Å². The van der Waals surface area contributed by atoms with Crippen LogP contribution in [0.1, 0.15) is 25.7 Å². The zero-order chi connectivity index (χ0) is 9.52. The molecule has 2 unspecified atom stereocenters. The van der Waals surface area contributed by atoms with Crippen molar-refractivity contribution in [3.05, 3.63) is 12.2 Å². The van der Waals surface area contributed by atoms with Gasteiger partial charge in [-0.15, -0.1) is 0 Å². The maximum atomic E-state index is 10.5. The van der Waals surface area contributed by atoms with Gasteiger partial charge in [0.25, 0.3) is 0 Å². The molecule has 0 aliphatic heterocycles. The molecule has 0 saturated carbocycles. The van der Waals surface area contributed by atoms with Crippen LogP contribution < -0.4 is 5.32 Å². The molecule has 0 aromatic rings. The molecule has 0 heterocycles. The number of hydrogen-bond acceptors (Lipinski definition) is 2. The Morgan fingerprint density at radius 2 is 2.31 bits per heavy atom. The monoisotopic (exact) mass is 181 g/mol. The van der Waals surface area contributed by atoms with Gasteiger partial charge >= 0.3 is 0 Å². The Hall–Kier alpha value is -1.12. The van der Waals surface area contributed by atoms with Crippen LogP contribution in [0.3, 0.4) is 0 Å². The third kappa shape index (κ3) is 3.40. The largest absolute Gasteiger partial charge is 0.349 e. The number of carbonyl (C=O) groups excluding carboxylic acids is 2. The van der Waals surface area contributed by atoms with Crippen molar-refractivity contribution in [2.24, 2.45) is 5.92 Å². The molecule has 1 N–H and O–H groups in total. The van der Waals surface area contributed by atoms with E-state index in [0.29, 0.717) is 12.3 Å². The van der Waals surface area contributed by atoms with Crippen LogP contribution in [-0.2, 0) is 9.59 Å². The number of carbonyl (C=O) groups is 2. The molecular weight excluding hydrogens is 166 g/mol. The average molecular weight is 181 g/mol. The van der Waals surface area contributed by atoms with Crippen LogP contribution in [0.15, 0.2) is 12.2 Å². The molecule has 0 saturated heterocycles. The van der Waals surface area contributed by atoms with E-state index in [1.807, 2.05) is 0 Å². The van der Waals surface area contributed by atoms with Crippen molar-refractivity contribution in [2.75, 3.05) is 0 Å². The highest BCUT2D eigenvalue weighted by Gasteiger charge is 2.15. The molecule has 0 bridgehead atoms. The van der Waals surface area contributed by atoms with Gasteiger partial charge in [-0.1, -0.05) is 12.2 Å². The van der Waals surface area contributed by atoms with Crippen LogP contribution in [0, 0.1) is 5.92 Å². The van der Waals surface area contributed by atoms with Crippen molar-refractivity contribution in [1.29, 1.82) is 0 Å². The summed E-state index contributed by atoms with van der Waals surface area (Å²) < 4.78 is 0. The molecule has 1 rings (SSSR count). The summed E-state index contributed by atoms with van der Waals surface area (Å²) in [6, 6.07) is -0.297. The lowest BCUT2D eigenvalue weighted by Crippen LogP contribution is -2.31. The zero-order valence-electron chi connectivity index (χ0n) is 7.61. The molecule has 0 aromatic heterocycles. The van der Waals surface area contributed by atoms with E-state index in [4.69, 9.17) is 0 Å². The van der Waals surface area contributed by atoms with Crippen molar-refractivity contribution in [3.63, 3.8) is 0 Å². The first-order chi connectivity index (χ1) is 6.36. The first-order valence-electron chi connectivity index (χ1n) is 4.66. The Morgan fingerprint density at radius 1 is 1.46 bits per heavy atom. The van der Waals surface area contributed by atoms with E-state index in [1.165, 1.54) is 0 Å². The number of rotatable bonds is 5. The quantitative estimate of drug-likeness (QED) is 0.509. The topological polar surface area (TPSA) is 46.2 Å². The summed E-state index contributed by atoms with van der Waals surface area (Å²) in [7, 11) is 0. The predicted molar refractivity (Wildman–Crippen MR) is 50.1 cm³/mol. The molecule has 0 fully saturated rings. The molecule has 13 heavy (non-hydrogen) atoms. The summed E-state index contributed by atoms with van der Waals surface area (Å²) in [5.41, 5.74) is 0. The molecule has 3 heteroatoms. The zero-order valence-corrected chi connectivity index (χ0v) is 7.61. The number of aldehydes is 1. The van der Waals surface area contributed by atoms with Crippen molar-refractivity contribution in [3.8, 4) is 0 Å². The Morgan fingerprint density at radius 3 is 2.85 bits per heavy atom. The second-order valence-corrected chi connectivity index (χ2v) is 3.41. The molecule has 0 radical (unpaired) electrons. The van der Waals surface area contributed by atoms with E-state index >= 15 is 0 Å². The minimum Gasteiger partial charge on any atom is -0.349 e. The van der Waals surface area contributed by atoms with Gasteiger partial charge < -0.3 is 10.1 Å². The van der Waals surface area contributed by atoms with Gasteiger partial charge in [-0.2, -0.15) is 0 Å². The third-order valence-corrected chi connectivity index (χ3v) is 2.41. The fraction of sp³-hybridized carbons (Fsp3) is 0.600. The lowest BCUT2D eigenvalue weighted by atomic mass is 9.89. The molecule has 3 nitrogen and oxygen atoms in total. The van der Waals surface area contributed by atoms with Crippen LogP contribution in [0.25, 0.3) is 0 Å². The number of allylic oxidation sites excluding steroid dienone is 2. The smallest absolute Gasteiger partial charge is 0.207 e. The molecular formula is C10H15NO2. The van der Waals surface area contributed by atoms with E-state index in [2.05, 4.69) is 17.5 Å². The third-order valence-electron chi connectivity index (χ3n) is 2.41. The summed E-state index contributed by atoms with van der Waals surface area (Å²) in [5, 5.41) is 2.51. The van der Waals surface area contributed by atoms with E-state index in [9.17, 15) is 9.59 Å². The Balaban J connectivity index is 2.31. The van der Waals surface area contributed by atoms with Gasteiger partial charge in [-0.3, -0.25) is 4.79 Å². The van der Waals surface area contributed by atoms with Gasteiger partial charge in [0.1, 0.15) is 6.29 Å². The Labute approximate surface area is 78.2 Å². The van der Waals surface area contributed by atoms with Crippen molar-refractivity contribution >= 4 is 12.7 Å². The second kappa shape index (κ2) is 5.51. The van der Waals surface area contributed by atoms with Gasteiger partial charge in [0.15, 0.2) is 0 Å². The maximum Gasteiger partial charge on any atom is 0.207 e. The minimum atomic E-state index is -0.297. The van der Waals surface area contributed by atoms with Gasteiger partial charge in [0.05, 0.1) is 6.04 Å². The summed E-state index contributed by atoms with van der Waals surface area (Å²) >= 11 is 0. The summed E-state index contributed by atoms with van der Waals surface area (Å²) in [6.07, 6.45) is 9.75. The number of nitrogens with one attached hydrogen (secondary N) is 1. The maximum absolute atomic E-state index is 10.5. The van der Waals surface area contributed by atoms with Crippen molar-refractivity contribution in [1.82, 2.24) is 5.32 Å². The average Bonchev–Trinajstić information content (AvgIpc) is 2.19. The predicted octanol–water partition coefficient (Wildman–Crippen LogP) is 1.05. The van der Waals surface area contributed by atoms with Crippen molar-refractivity contribution in [2.45, 2.75) is 31.7 Å². The van der Waals surface area contributed by atoms with Crippen LogP contribution in [0.5, 0.6) is 0 Å². The second-order valence-electron chi connectivity index (χ2n) is 3.41. The van der Waals surface area contributed by atoms with E-state index in [-0.39, 0.29) is 6.04 Å². The molecule has 0 spiro atoms. The Bertz CT molecular complexity index is 201. The van der Waals surface area contributed by atoms with Gasteiger partial charge in [0.2, 0.25) is 6.41 Å². The highest BCUT2D eigenvalue weighted by Crippen LogP contribution is 2.22. The van der Waals surface area contributed by atoms with Crippen LogP contribution in [-0.4, -0.2) is 18.7 Å². The molecule has 1 amide bonds. The van der Waals surface area contributed by atoms with Gasteiger partial charge in [-0.25, -0.2) is 0 Å². The van der Waals surface area contributed by atoms with Crippen LogP contribution >= 0.6 is 0 Å². The molecule has 1 aliphatic carbocycles. The van der Waals surface area contributed by atoms with Crippen LogP contribution in [0.4, 0.5) is 0 Å². The summed E-state index contributed by atoms with van der Waals surface area (Å²) in [4.78, 5) is 20.7. The lowest BCUT2D eigenvalue weighted by Gasteiger charge is -2.20. The molecule has 2 atom stereocenters. The van der Waals surface area contributed by atoms with Gasteiger partial charge in [-0.05, 0) is 31.6 Å². The molecule has 0 aromatic carbocycles. The fourth-order valence-corrected chi connectivity index (χ4v) is 1.68. The number of hydrogen-bond donors (Lipinski definition) is 1. The highest BCUT2D eigenvalue weighted by atomic mass is 16.1. The molecule has 72 valence electrons. The summed E-state index contributed by atoms with van der Waals surface area (Å²) in [6.45, 7) is 0. The van der Waals surface area contributed by atoms with E-state index in [1.54, 1.807) is 0 Å². The normalized spacial score (nSPS) is 23.5. The van der Waals surface area contributed by atoms with E-state index in [0.717, 1.165) is 32.0 Å². The summed E-state index contributed by atoms with van der Waals surface area (Å²) in [5.74, 6) is 0.549.